The van der Waals surface area contributed by atoms with Crippen molar-refractivity contribution in [3.05, 3.63) is 77.4 Å². The second-order valence-electron chi connectivity index (χ2n) is 7.18. The number of ether oxygens (including phenoxy) is 3. The molecule has 0 saturated heterocycles. The Hall–Kier alpha value is -4.14. The fraction of sp³-hybridized carbons (Fsp3) is 0.167. The number of hydrogen-bond acceptors (Lipinski definition) is 5. The zero-order valence-corrected chi connectivity index (χ0v) is 17.4. The van der Waals surface area contributed by atoms with Crippen LogP contribution in [0.3, 0.4) is 0 Å². The van der Waals surface area contributed by atoms with Crippen LogP contribution in [0, 0.1) is 0 Å². The van der Waals surface area contributed by atoms with Gasteiger partial charge in [0.25, 0.3) is 0 Å². The van der Waals surface area contributed by atoms with E-state index in [0.29, 0.717) is 0 Å². The van der Waals surface area contributed by atoms with Crippen LogP contribution in [0.4, 0.5) is 19.3 Å². The number of halogens is 2. The summed E-state index contributed by atoms with van der Waals surface area (Å²) >= 11 is 0. The minimum atomic E-state index is -3.17. The Morgan fingerprint density at radius 1 is 1.00 bits per heavy atom. The summed E-state index contributed by atoms with van der Waals surface area (Å²) in [5, 5.41) is 11.8. The molecule has 33 heavy (non-hydrogen) atoms. The van der Waals surface area contributed by atoms with Gasteiger partial charge in [0.2, 0.25) is 0 Å². The van der Waals surface area contributed by atoms with Gasteiger partial charge in [-0.25, -0.2) is 9.59 Å². The number of aromatic carboxylic acids is 1. The SMILES string of the molecule is COc1cc(C(=O)O)c(NC(=O)OCC2c3ccccc3-c3ccccc32)cc1OC(F)F. The Balaban J connectivity index is 1.54. The van der Waals surface area contributed by atoms with E-state index in [2.05, 4.69) is 10.1 Å². The zero-order chi connectivity index (χ0) is 23.5. The molecule has 0 aliphatic heterocycles. The van der Waals surface area contributed by atoms with Gasteiger partial charge in [-0.1, -0.05) is 48.5 Å². The Labute approximate surface area is 187 Å². The van der Waals surface area contributed by atoms with Gasteiger partial charge in [0.15, 0.2) is 11.5 Å². The van der Waals surface area contributed by atoms with Crippen molar-refractivity contribution in [1.29, 1.82) is 0 Å². The standard InChI is InChI=1S/C24H19F2NO6/c1-31-20-10-17(22(28)29)19(11-21(20)33-23(25)26)27-24(30)32-12-18-15-8-4-2-6-13(15)14-7-3-5-9-16(14)18/h2-11,18,23H,12H2,1H3,(H,27,30)(H,28,29). The summed E-state index contributed by atoms with van der Waals surface area (Å²) in [5.41, 5.74) is 3.49. The van der Waals surface area contributed by atoms with Gasteiger partial charge in [-0.05, 0) is 22.3 Å². The molecule has 3 aromatic carbocycles. The van der Waals surface area contributed by atoms with Crippen LogP contribution in [0.2, 0.25) is 0 Å². The molecule has 4 rings (SSSR count). The van der Waals surface area contributed by atoms with Gasteiger partial charge in [-0.2, -0.15) is 8.78 Å². The summed E-state index contributed by atoms with van der Waals surface area (Å²) in [7, 11) is 1.18. The van der Waals surface area contributed by atoms with Crippen LogP contribution in [-0.2, 0) is 4.74 Å². The summed E-state index contributed by atoms with van der Waals surface area (Å²) in [5.74, 6) is -2.24. The zero-order valence-electron chi connectivity index (χ0n) is 17.4. The fourth-order valence-electron chi connectivity index (χ4n) is 3.93. The number of nitrogens with one attached hydrogen (secondary N) is 1. The van der Waals surface area contributed by atoms with Crippen molar-refractivity contribution in [3.8, 4) is 22.6 Å². The average molecular weight is 455 g/mol. The van der Waals surface area contributed by atoms with Crippen molar-refractivity contribution in [2.45, 2.75) is 12.5 Å². The Bertz CT molecular complexity index is 1170. The summed E-state index contributed by atoms with van der Waals surface area (Å²) in [6, 6.07) is 17.5. The third-order valence-electron chi connectivity index (χ3n) is 5.33. The van der Waals surface area contributed by atoms with Gasteiger partial charge in [0, 0.05) is 18.1 Å². The number of benzene rings is 3. The molecular formula is C24H19F2NO6. The molecule has 0 heterocycles. The molecule has 9 heteroatoms. The smallest absolute Gasteiger partial charge is 0.411 e. The number of alkyl halides is 2. The number of methoxy groups -OCH3 is 1. The number of carboxylic acids is 1. The first-order chi connectivity index (χ1) is 15.9. The molecule has 170 valence electrons. The number of hydrogen-bond donors (Lipinski definition) is 2. The first-order valence-corrected chi connectivity index (χ1v) is 9.91. The Morgan fingerprint density at radius 2 is 1.61 bits per heavy atom. The average Bonchev–Trinajstić information content (AvgIpc) is 3.11. The molecule has 0 radical (unpaired) electrons. The van der Waals surface area contributed by atoms with Crippen molar-refractivity contribution in [2.24, 2.45) is 0 Å². The molecule has 3 aromatic rings. The topological polar surface area (TPSA) is 94.1 Å². The highest BCUT2D eigenvalue weighted by Crippen LogP contribution is 2.44. The lowest BCUT2D eigenvalue weighted by atomic mass is 9.98. The number of rotatable bonds is 7. The summed E-state index contributed by atoms with van der Waals surface area (Å²) in [6.07, 6.45) is -0.937. The van der Waals surface area contributed by atoms with Crippen molar-refractivity contribution >= 4 is 17.7 Å². The summed E-state index contributed by atoms with van der Waals surface area (Å²) < 4.78 is 40.1. The van der Waals surface area contributed by atoms with E-state index in [-0.39, 0.29) is 29.5 Å². The van der Waals surface area contributed by atoms with Crippen LogP contribution in [0.15, 0.2) is 60.7 Å². The summed E-state index contributed by atoms with van der Waals surface area (Å²) in [4.78, 5) is 24.1. The highest BCUT2D eigenvalue weighted by molar-refractivity contribution is 5.99. The lowest BCUT2D eigenvalue weighted by Gasteiger charge is -2.17. The van der Waals surface area contributed by atoms with Crippen LogP contribution >= 0.6 is 0 Å². The van der Waals surface area contributed by atoms with E-state index in [9.17, 15) is 23.5 Å². The molecule has 0 aromatic heterocycles. The number of carbonyl (C=O) groups excluding carboxylic acids is 1. The van der Waals surface area contributed by atoms with Gasteiger partial charge in [-0.3, -0.25) is 5.32 Å². The lowest BCUT2D eigenvalue weighted by Crippen LogP contribution is -2.19. The van der Waals surface area contributed by atoms with E-state index in [0.717, 1.165) is 34.4 Å². The molecule has 1 amide bonds. The second kappa shape index (κ2) is 9.15. The third kappa shape index (κ3) is 4.43. The maximum absolute atomic E-state index is 12.7. The van der Waals surface area contributed by atoms with Crippen LogP contribution in [0.5, 0.6) is 11.5 Å². The van der Waals surface area contributed by atoms with Crippen LogP contribution in [0.25, 0.3) is 11.1 Å². The molecule has 2 N–H and O–H groups in total. The summed E-state index contributed by atoms with van der Waals surface area (Å²) in [6.45, 7) is -3.17. The first-order valence-electron chi connectivity index (χ1n) is 9.91. The fourth-order valence-corrected chi connectivity index (χ4v) is 3.93. The molecule has 1 aliphatic carbocycles. The molecule has 7 nitrogen and oxygen atoms in total. The first kappa shape index (κ1) is 22.1. The number of carboxylic acid groups (broad SMARTS) is 1. The van der Waals surface area contributed by atoms with Crippen molar-refractivity contribution in [1.82, 2.24) is 0 Å². The molecule has 1 aliphatic rings. The third-order valence-corrected chi connectivity index (χ3v) is 5.33. The quantitative estimate of drug-likeness (QED) is 0.499. The highest BCUT2D eigenvalue weighted by Gasteiger charge is 2.29. The predicted molar refractivity (Wildman–Crippen MR) is 115 cm³/mol. The molecule has 0 fully saturated rings. The number of anilines is 1. The van der Waals surface area contributed by atoms with Crippen molar-refractivity contribution < 1.29 is 37.7 Å². The van der Waals surface area contributed by atoms with E-state index in [1.165, 1.54) is 7.11 Å². The predicted octanol–water partition coefficient (Wildman–Crippen LogP) is 5.36. The molecule has 0 bridgehead atoms. The molecule has 0 spiro atoms. The van der Waals surface area contributed by atoms with Gasteiger partial charge in [0.05, 0.1) is 18.4 Å². The Kier molecular flexibility index (Phi) is 6.12. The number of amides is 1. The van der Waals surface area contributed by atoms with Gasteiger partial charge in [0.1, 0.15) is 6.61 Å². The minimum Gasteiger partial charge on any atom is -0.493 e. The maximum atomic E-state index is 12.7. The lowest BCUT2D eigenvalue weighted by molar-refractivity contribution is -0.0511. The largest absolute Gasteiger partial charge is 0.493 e. The monoisotopic (exact) mass is 455 g/mol. The van der Waals surface area contributed by atoms with Gasteiger partial charge < -0.3 is 19.3 Å². The maximum Gasteiger partial charge on any atom is 0.411 e. The van der Waals surface area contributed by atoms with Gasteiger partial charge in [-0.15, -0.1) is 0 Å². The van der Waals surface area contributed by atoms with Gasteiger partial charge >= 0.3 is 18.7 Å². The molecular weight excluding hydrogens is 436 g/mol. The van der Waals surface area contributed by atoms with Crippen LogP contribution < -0.4 is 14.8 Å². The highest BCUT2D eigenvalue weighted by atomic mass is 19.3. The minimum absolute atomic E-state index is 0.00118. The van der Waals surface area contributed by atoms with E-state index >= 15 is 0 Å². The van der Waals surface area contributed by atoms with Crippen molar-refractivity contribution in [3.63, 3.8) is 0 Å². The Morgan fingerprint density at radius 3 is 2.15 bits per heavy atom. The van der Waals surface area contributed by atoms with E-state index in [1.807, 2.05) is 48.5 Å². The number of fused-ring (bicyclic) bond motifs is 3. The van der Waals surface area contributed by atoms with E-state index in [1.54, 1.807) is 0 Å². The molecule has 0 saturated carbocycles. The van der Waals surface area contributed by atoms with E-state index in [4.69, 9.17) is 9.47 Å². The molecule has 0 atom stereocenters. The molecule has 0 unspecified atom stereocenters. The van der Waals surface area contributed by atoms with Crippen LogP contribution in [-0.4, -0.2) is 37.5 Å². The van der Waals surface area contributed by atoms with Crippen molar-refractivity contribution in [2.75, 3.05) is 19.0 Å². The number of carbonyl (C=O) groups is 2. The van der Waals surface area contributed by atoms with E-state index < -0.39 is 24.4 Å². The van der Waals surface area contributed by atoms with Crippen LogP contribution in [0.1, 0.15) is 27.4 Å². The normalized spacial score (nSPS) is 12.1. The second-order valence-corrected chi connectivity index (χ2v) is 7.18.